The number of halogens is 2. The normalized spacial score (nSPS) is 14.9. The summed E-state index contributed by atoms with van der Waals surface area (Å²) in [7, 11) is 0. The molecular weight excluding hydrogens is 272 g/mol. The molecule has 84 valence electrons. The fourth-order valence-corrected chi connectivity index (χ4v) is 1.39. The second-order valence-corrected chi connectivity index (χ2v) is 4.74. The van der Waals surface area contributed by atoms with Gasteiger partial charge in [-0.3, -0.25) is 0 Å². The number of hydrogen-bond donors (Lipinski definition) is 0. The fourth-order valence-electron chi connectivity index (χ4n) is 0.981. The number of allylic oxidation sites excluding steroid dienone is 6. The molecule has 0 aromatic carbocycles. The summed E-state index contributed by atoms with van der Waals surface area (Å²) in [5.41, 5.74) is 1.25. The second-order valence-electron chi connectivity index (χ2n) is 3.47. The number of rotatable bonds is 6. The van der Waals surface area contributed by atoms with E-state index in [1.807, 2.05) is 6.08 Å². The highest BCUT2D eigenvalue weighted by atomic mass is 79.9. The maximum absolute atomic E-state index is 5.86. The molecule has 0 aliphatic carbocycles. The monoisotopic (exact) mass is 288 g/mol. The molecule has 0 nitrogen and oxygen atoms in total. The van der Waals surface area contributed by atoms with Crippen molar-refractivity contribution in [1.82, 2.24) is 0 Å². The van der Waals surface area contributed by atoms with Gasteiger partial charge in [-0.2, -0.15) is 0 Å². The second kappa shape index (κ2) is 7.95. The summed E-state index contributed by atoms with van der Waals surface area (Å²) in [4.78, 5) is 0. The quantitative estimate of drug-likeness (QED) is 0.443. The molecule has 0 saturated carbocycles. The molecule has 15 heavy (non-hydrogen) atoms. The van der Waals surface area contributed by atoms with Gasteiger partial charge in [-0.1, -0.05) is 56.3 Å². The Morgan fingerprint density at radius 1 is 1.53 bits per heavy atom. The fraction of sp³-hybridized carbons (Fsp3) is 0.385. The summed E-state index contributed by atoms with van der Waals surface area (Å²) >= 11 is 9.23. The zero-order valence-electron chi connectivity index (χ0n) is 9.39. The summed E-state index contributed by atoms with van der Waals surface area (Å²) in [6, 6.07) is 0. The molecule has 1 atom stereocenters. The third-order valence-electron chi connectivity index (χ3n) is 2.36. The summed E-state index contributed by atoms with van der Waals surface area (Å²) in [5, 5.41) is 0.625. The highest BCUT2D eigenvalue weighted by molar-refractivity contribution is 9.12. The van der Waals surface area contributed by atoms with Crippen molar-refractivity contribution in [1.29, 1.82) is 0 Å². The van der Waals surface area contributed by atoms with E-state index in [1.54, 1.807) is 6.08 Å². The Hall–Kier alpha value is -0.270. The van der Waals surface area contributed by atoms with Crippen LogP contribution in [-0.2, 0) is 0 Å². The average molecular weight is 290 g/mol. The van der Waals surface area contributed by atoms with Crippen molar-refractivity contribution in [3.05, 3.63) is 46.5 Å². The van der Waals surface area contributed by atoms with Gasteiger partial charge in [0.25, 0.3) is 0 Å². The Morgan fingerprint density at radius 2 is 2.13 bits per heavy atom. The predicted octanol–water partition coefficient (Wildman–Crippen LogP) is 5.57. The minimum atomic E-state index is 0.576. The first-order valence-electron chi connectivity index (χ1n) is 5.04. The predicted molar refractivity (Wildman–Crippen MR) is 74.4 cm³/mol. The molecule has 0 saturated heterocycles. The lowest BCUT2D eigenvalue weighted by Crippen LogP contribution is -1.94. The van der Waals surface area contributed by atoms with Gasteiger partial charge in [-0.15, -0.1) is 0 Å². The van der Waals surface area contributed by atoms with E-state index in [2.05, 4.69) is 49.0 Å². The highest BCUT2D eigenvalue weighted by Crippen LogP contribution is 2.20. The van der Waals surface area contributed by atoms with Gasteiger partial charge in [-0.05, 0) is 40.8 Å². The molecule has 0 amide bonds. The van der Waals surface area contributed by atoms with E-state index in [0.29, 0.717) is 11.0 Å². The van der Waals surface area contributed by atoms with Crippen LogP contribution < -0.4 is 0 Å². The van der Waals surface area contributed by atoms with Gasteiger partial charge in [-0.25, -0.2) is 0 Å². The molecular formula is C13H18BrCl. The third kappa shape index (κ3) is 6.01. The van der Waals surface area contributed by atoms with Crippen LogP contribution in [0.25, 0.3) is 0 Å². The van der Waals surface area contributed by atoms with Crippen LogP contribution >= 0.6 is 27.5 Å². The van der Waals surface area contributed by atoms with Crippen molar-refractivity contribution >= 4 is 27.5 Å². The van der Waals surface area contributed by atoms with Crippen LogP contribution in [0.1, 0.15) is 26.7 Å². The van der Waals surface area contributed by atoms with Gasteiger partial charge >= 0.3 is 0 Å². The molecule has 0 bridgehead atoms. The Labute approximate surface area is 107 Å². The molecule has 1 unspecified atom stereocenters. The first-order chi connectivity index (χ1) is 7.02. The van der Waals surface area contributed by atoms with Crippen LogP contribution in [0.15, 0.2) is 46.5 Å². The van der Waals surface area contributed by atoms with E-state index in [4.69, 9.17) is 11.6 Å². The van der Waals surface area contributed by atoms with Gasteiger partial charge < -0.3 is 0 Å². The molecule has 0 aliphatic rings. The molecule has 0 aromatic rings. The zero-order valence-corrected chi connectivity index (χ0v) is 11.7. The first kappa shape index (κ1) is 14.7. The molecule has 2 heteroatoms. The highest BCUT2D eigenvalue weighted by Gasteiger charge is 2.01. The lowest BCUT2D eigenvalue weighted by atomic mass is 9.97. The van der Waals surface area contributed by atoms with Gasteiger partial charge in [0.2, 0.25) is 0 Å². The summed E-state index contributed by atoms with van der Waals surface area (Å²) in [6.07, 6.45) is 7.64. The van der Waals surface area contributed by atoms with Gasteiger partial charge in [0.1, 0.15) is 0 Å². The minimum Gasteiger partial charge on any atom is -0.0993 e. The van der Waals surface area contributed by atoms with Crippen LogP contribution in [0.5, 0.6) is 0 Å². The molecule has 0 spiro atoms. The largest absolute Gasteiger partial charge is 0.0993 e. The van der Waals surface area contributed by atoms with Crippen molar-refractivity contribution in [2.75, 3.05) is 0 Å². The van der Waals surface area contributed by atoms with E-state index in [9.17, 15) is 0 Å². The standard InChI is InChI=1S/C13H18BrCl/c1-5-10(3)11(4)8-7-9-12(14)13(15)6-2/h6-7,9-10H,2,4-5,8H2,1,3H3. The third-order valence-corrected chi connectivity index (χ3v) is 3.64. The lowest BCUT2D eigenvalue weighted by Gasteiger charge is -2.09. The van der Waals surface area contributed by atoms with Crippen molar-refractivity contribution in [2.24, 2.45) is 5.92 Å². The zero-order chi connectivity index (χ0) is 11.8. The van der Waals surface area contributed by atoms with Crippen LogP contribution in [0.3, 0.4) is 0 Å². The van der Waals surface area contributed by atoms with Crippen molar-refractivity contribution in [3.8, 4) is 0 Å². The molecule has 0 fully saturated rings. The van der Waals surface area contributed by atoms with Crippen molar-refractivity contribution < 1.29 is 0 Å². The summed E-state index contributed by atoms with van der Waals surface area (Å²) in [5.74, 6) is 0.576. The Morgan fingerprint density at radius 3 is 2.60 bits per heavy atom. The molecule has 0 aromatic heterocycles. The van der Waals surface area contributed by atoms with E-state index in [1.165, 1.54) is 5.57 Å². The van der Waals surface area contributed by atoms with Crippen molar-refractivity contribution in [2.45, 2.75) is 26.7 Å². The first-order valence-corrected chi connectivity index (χ1v) is 6.21. The van der Waals surface area contributed by atoms with Crippen LogP contribution in [0.4, 0.5) is 0 Å². The maximum Gasteiger partial charge on any atom is 0.0542 e. The van der Waals surface area contributed by atoms with E-state index < -0.39 is 0 Å². The maximum atomic E-state index is 5.86. The summed E-state index contributed by atoms with van der Waals surface area (Å²) < 4.78 is 0.858. The van der Waals surface area contributed by atoms with E-state index >= 15 is 0 Å². The molecule has 0 heterocycles. The molecule has 0 aliphatic heterocycles. The van der Waals surface area contributed by atoms with E-state index in [-0.39, 0.29) is 0 Å². The van der Waals surface area contributed by atoms with Gasteiger partial charge in [0.05, 0.1) is 5.03 Å². The van der Waals surface area contributed by atoms with Crippen molar-refractivity contribution in [3.63, 3.8) is 0 Å². The minimum absolute atomic E-state index is 0.576. The average Bonchev–Trinajstić information content (AvgIpc) is 2.26. The van der Waals surface area contributed by atoms with Gasteiger partial charge in [0.15, 0.2) is 0 Å². The van der Waals surface area contributed by atoms with Crippen LogP contribution in [0, 0.1) is 5.92 Å². The molecule has 0 rings (SSSR count). The Balaban J connectivity index is 4.22. The topological polar surface area (TPSA) is 0 Å². The molecule has 0 radical (unpaired) electrons. The summed E-state index contributed by atoms with van der Waals surface area (Å²) in [6.45, 7) is 12.0. The number of hydrogen-bond acceptors (Lipinski definition) is 0. The molecule has 0 N–H and O–H groups in total. The smallest absolute Gasteiger partial charge is 0.0542 e. The van der Waals surface area contributed by atoms with E-state index in [0.717, 1.165) is 17.3 Å². The van der Waals surface area contributed by atoms with Crippen LogP contribution in [0.2, 0.25) is 0 Å². The SMILES string of the molecule is C=CC(Cl)=C(Br)C=CCC(=C)C(C)CC. The van der Waals surface area contributed by atoms with Gasteiger partial charge in [0, 0.05) is 4.48 Å². The Kier molecular flexibility index (Phi) is 7.81. The lowest BCUT2D eigenvalue weighted by molar-refractivity contribution is 0.645. The Bertz CT molecular complexity index is 287. The van der Waals surface area contributed by atoms with Crippen LogP contribution in [-0.4, -0.2) is 0 Å².